The first-order valence-electron chi connectivity index (χ1n) is 7.84. The molecule has 0 aromatic heterocycles. The maximum Gasteiger partial charge on any atom is 0.243 e. The van der Waals surface area contributed by atoms with Crippen LogP contribution in [0.15, 0.2) is 41.3 Å². The second-order valence-electron chi connectivity index (χ2n) is 6.19. The lowest BCUT2D eigenvalue weighted by molar-refractivity contribution is 0.251. The molecule has 23 heavy (non-hydrogen) atoms. The van der Waals surface area contributed by atoms with E-state index >= 15 is 0 Å². The quantitative estimate of drug-likeness (QED) is 0.922. The Hall–Kier alpha value is -1.14. The molecule has 1 heterocycles. The fraction of sp³-hybridized carbons (Fsp3) is 0.412. The molecule has 2 N–H and O–H groups in total. The van der Waals surface area contributed by atoms with Crippen LogP contribution in [0.4, 0.5) is 0 Å². The maximum absolute atomic E-state index is 13.0. The number of benzene rings is 2. The van der Waals surface area contributed by atoms with E-state index < -0.39 is 10.0 Å². The molecule has 2 aromatic rings. The number of nitrogens with zero attached hydrogens (tertiary/aromatic N) is 1. The van der Waals surface area contributed by atoms with Gasteiger partial charge >= 0.3 is 0 Å². The summed E-state index contributed by atoms with van der Waals surface area (Å²) in [6.07, 6.45) is 1.62. The topological polar surface area (TPSA) is 63.4 Å². The number of sulfonamides is 1. The van der Waals surface area contributed by atoms with Gasteiger partial charge in [0.2, 0.25) is 10.0 Å². The fourth-order valence-electron chi connectivity index (χ4n) is 3.24. The molecule has 1 aliphatic heterocycles. The van der Waals surface area contributed by atoms with Gasteiger partial charge in [0.1, 0.15) is 0 Å². The van der Waals surface area contributed by atoms with E-state index in [0.29, 0.717) is 34.3 Å². The smallest absolute Gasteiger partial charge is 0.243 e. The zero-order chi connectivity index (χ0) is 16.6. The fourth-order valence-corrected chi connectivity index (χ4v) is 5.13. The largest absolute Gasteiger partial charge is 0.328 e. The highest BCUT2D eigenvalue weighted by Crippen LogP contribution is 2.32. The molecule has 1 saturated heterocycles. The van der Waals surface area contributed by atoms with Crippen molar-refractivity contribution in [2.45, 2.75) is 30.7 Å². The van der Waals surface area contributed by atoms with Crippen molar-refractivity contribution in [2.75, 3.05) is 13.1 Å². The third kappa shape index (κ3) is 3.11. The van der Waals surface area contributed by atoms with Crippen molar-refractivity contribution in [3.8, 4) is 0 Å². The summed E-state index contributed by atoms with van der Waals surface area (Å²) in [5.74, 6) is 0.392. The van der Waals surface area contributed by atoms with Crippen LogP contribution in [-0.2, 0) is 10.0 Å². The van der Waals surface area contributed by atoms with Gasteiger partial charge in [0.05, 0.1) is 4.90 Å². The van der Waals surface area contributed by atoms with Crippen LogP contribution < -0.4 is 5.73 Å². The molecule has 0 amide bonds. The van der Waals surface area contributed by atoms with Crippen LogP contribution >= 0.6 is 11.6 Å². The molecule has 4 nitrogen and oxygen atoms in total. The molecule has 1 aliphatic rings. The second kappa shape index (κ2) is 6.40. The third-order valence-electron chi connectivity index (χ3n) is 4.69. The average Bonchev–Trinajstić information content (AvgIpc) is 2.55. The van der Waals surface area contributed by atoms with Crippen LogP contribution in [0, 0.1) is 5.92 Å². The van der Waals surface area contributed by atoms with Crippen molar-refractivity contribution in [2.24, 2.45) is 11.7 Å². The van der Waals surface area contributed by atoms with E-state index in [9.17, 15) is 8.42 Å². The molecule has 0 radical (unpaired) electrons. The molecule has 0 bridgehead atoms. The Balaban J connectivity index is 1.97. The monoisotopic (exact) mass is 352 g/mol. The summed E-state index contributed by atoms with van der Waals surface area (Å²) in [6.45, 7) is 3.03. The van der Waals surface area contributed by atoms with Gasteiger partial charge in [-0.25, -0.2) is 8.42 Å². The summed E-state index contributed by atoms with van der Waals surface area (Å²) in [5, 5.41) is 2.00. The highest BCUT2D eigenvalue weighted by molar-refractivity contribution is 7.89. The minimum atomic E-state index is -3.52. The van der Waals surface area contributed by atoms with Gasteiger partial charge in [-0.15, -0.1) is 0 Å². The number of hydrogen-bond donors (Lipinski definition) is 1. The predicted molar refractivity (Wildman–Crippen MR) is 94.1 cm³/mol. The van der Waals surface area contributed by atoms with Gasteiger partial charge in [0.15, 0.2) is 0 Å². The Labute approximate surface area is 142 Å². The lowest BCUT2D eigenvalue weighted by Gasteiger charge is -2.33. The van der Waals surface area contributed by atoms with Crippen LogP contribution in [0.25, 0.3) is 10.8 Å². The van der Waals surface area contributed by atoms with Crippen LogP contribution in [-0.4, -0.2) is 31.9 Å². The first kappa shape index (κ1) is 16.7. The minimum absolute atomic E-state index is 0.108. The van der Waals surface area contributed by atoms with Gasteiger partial charge in [-0.2, -0.15) is 4.31 Å². The first-order valence-corrected chi connectivity index (χ1v) is 9.66. The molecule has 3 rings (SSSR count). The SMILES string of the molecule is CC(N)C1CCN(S(=O)(=O)c2ccc(Cl)c3ccccc23)CC1. The number of fused-ring (bicyclic) bond motifs is 1. The number of nitrogens with two attached hydrogens (primary N) is 1. The van der Waals surface area contributed by atoms with Crippen molar-refractivity contribution in [3.63, 3.8) is 0 Å². The Morgan fingerprint density at radius 1 is 1.13 bits per heavy atom. The normalized spacial score (nSPS) is 19.1. The molecule has 0 spiro atoms. The van der Waals surface area contributed by atoms with E-state index in [1.54, 1.807) is 16.4 Å². The number of piperidine rings is 1. The molecule has 1 unspecified atom stereocenters. The van der Waals surface area contributed by atoms with Crippen molar-refractivity contribution >= 4 is 32.4 Å². The molecule has 124 valence electrons. The highest BCUT2D eigenvalue weighted by Gasteiger charge is 2.31. The first-order chi connectivity index (χ1) is 10.9. The standard InChI is InChI=1S/C17H21ClN2O2S/c1-12(19)13-8-10-20(11-9-13)23(21,22)17-7-6-16(18)14-4-2-3-5-15(14)17/h2-7,12-13H,8-11,19H2,1H3. The van der Waals surface area contributed by atoms with Gasteiger partial charge < -0.3 is 5.73 Å². The minimum Gasteiger partial charge on any atom is -0.328 e. The van der Waals surface area contributed by atoms with Crippen LogP contribution in [0.1, 0.15) is 19.8 Å². The molecular weight excluding hydrogens is 332 g/mol. The van der Waals surface area contributed by atoms with Crippen LogP contribution in [0.3, 0.4) is 0 Å². The van der Waals surface area contributed by atoms with Crippen molar-refractivity contribution in [1.82, 2.24) is 4.31 Å². The van der Waals surface area contributed by atoms with Crippen LogP contribution in [0.2, 0.25) is 5.02 Å². The third-order valence-corrected chi connectivity index (χ3v) is 6.98. The van der Waals surface area contributed by atoms with Gasteiger partial charge in [-0.1, -0.05) is 35.9 Å². The second-order valence-corrected chi connectivity index (χ2v) is 8.51. The average molecular weight is 353 g/mol. The summed E-state index contributed by atoms with van der Waals surface area (Å²) < 4.78 is 27.7. The van der Waals surface area contributed by atoms with Crippen molar-refractivity contribution < 1.29 is 8.42 Å². The molecule has 6 heteroatoms. The zero-order valence-electron chi connectivity index (χ0n) is 13.1. The Morgan fingerprint density at radius 3 is 2.35 bits per heavy atom. The summed E-state index contributed by atoms with van der Waals surface area (Å²) >= 11 is 6.20. The number of halogens is 1. The van der Waals surface area contributed by atoms with Crippen LogP contribution in [0.5, 0.6) is 0 Å². The molecule has 2 aromatic carbocycles. The van der Waals surface area contributed by atoms with E-state index in [4.69, 9.17) is 17.3 Å². The van der Waals surface area contributed by atoms with Crippen molar-refractivity contribution in [1.29, 1.82) is 0 Å². The predicted octanol–water partition coefficient (Wildman–Crippen LogP) is 3.24. The Morgan fingerprint density at radius 2 is 1.74 bits per heavy atom. The molecular formula is C17H21ClN2O2S. The number of hydrogen-bond acceptors (Lipinski definition) is 3. The van der Waals surface area contributed by atoms with Gasteiger partial charge in [-0.3, -0.25) is 0 Å². The van der Waals surface area contributed by atoms with E-state index in [1.807, 2.05) is 31.2 Å². The molecule has 0 saturated carbocycles. The lowest BCUT2D eigenvalue weighted by Crippen LogP contribution is -2.42. The van der Waals surface area contributed by atoms with E-state index in [0.717, 1.165) is 18.2 Å². The summed E-state index contributed by atoms with van der Waals surface area (Å²) in [7, 11) is -3.52. The van der Waals surface area contributed by atoms with E-state index in [1.165, 1.54) is 0 Å². The Bertz CT molecular complexity index is 812. The number of rotatable bonds is 3. The molecule has 0 aliphatic carbocycles. The van der Waals surface area contributed by atoms with E-state index in [2.05, 4.69) is 0 Å². The Kier molecular flexibility index (Phi) is 4.65. The summed E-state index contributed by atoms with van der Waals surface area (Å²) in [4.78, 5) is 0.330. The zero-order valence-corrected chi connectivity index (χ0v) is 14.6. The highest BCUT2D eigenvalue weighted by atomic mass is 35.5. The lowest BCUT2D eigenvalue weighted by atomic mass is 9.92. The summed E-state index contributed by atoms with van der Waals surface area (Å²) in [6, 6.07) is 10.7. The summed E-state index contributed by atoms with van der Waals surface area (Å²) in [5.41, 5.74) is 5.94. The van der Waals surface area contributed by atoms with Crippen molar-refractivity contribution in [3.05, 3.63) is 41.4 Å². The van der Waals surface area contributed by atoms with Gasteiger partial charge in [-0.05, 0) is 37.8 Å². The molecule has 1 atom stereocenters. The van der Waals surface area contributed by atoms with E-state index in [-0.39, 0.29) is 6.04 Å². The van der Waals surface area contributed by atoms with Gasteiger partial charge in [0, 0.05) is 34.9 Å². The molecule has 1 fully saturated rings. The maximum atomic E-state index is 13.0. The van der Waals surface area contributed by atoms with Gasteiger partial charge in [0.25, 0.3) is 0 Å².